The molecule has 0 bridgehead atoms. The first kappa shape index (κ1) is 29.2. The Labute approximate surface area is 254 Å². The third-order valence-electron chi connectivity index (χ3n) is 8.61. The van der Waals surface area contributed by atoms with Crippen LogP contribution in [0.15, 0.2) is 74.0 Å². The summed E-state index contributed by atoms with van der Waals surface area (Å²) >= 11 is 0. The van der Waals surface area contributed by atoms with Crippen molar-refractivity contribution >= 4 is 34.6 Å². The summed E-state index contributed by atoms with van der Waals surface area (Å²) in [4.78, 5) is 56.6. The maximum Gasteiger partial charge on any atom is 0.424 e. The van der Waals surface area contributed by atoms with Gasteiger partial charge in [-0.1, -0.05) is 42.5 Å². The summed E-state index contributed by atoms with van der Waals surface area (Å²) in [6.07, 6.45) is 4.87. The summed E-state index contributed by atoms with van der Waals surface area (Å²) in [5.41, 5.74) is 3.00. The second-order valence-corrected chi connectivity index (χ2v) is 11.6. The van der Waals surface area contributed by atoms with E-state index in [0.29, 0.717) is 12.1 Å². The van der Waals surface area contributed by atoms with Crippen molar-refractivity contribution in [3.05, 3.63) is 90.7 Å². The van der Waals surface area contributed by atoms with Gasteiger partial charge in [-0.3, -0.25) is 14.4 Å². The lowest BCUT2D eigenvalue weighted by Gasteiger charge is -2.54. The first-order valence-corrected chi connectivity index (χ1v) is 14.7. The molecule has 2 saturated heterocycles. The second kappa shape index (κ2) is 11.6. The van der Waals surface area contributed by atoms with Crippen molar-refractivity contribution in [2.24, 2.45) is 5.92 Å². The first-order chi connectivity index (χ1) is 21.2. The number of nitrogens with zero attached hydrogens (tertiary/aromatic N) is 5. The summed E-state index contributed by atoms with van der Waals surface area (Å²) in [5, 5.41) is 23.4. The van der Waals surface area contributed by atoms with E-state index in [-0.39, 0.29) is 61.9 Å². The van der Waals surface area contributed by atoms with E-state index in [4.69, 9.17) is 0 Å². The van der Waals surface area contributed by atoms with Gasteiger partial charge in [-0.15, -0.1) is 13.2 Å². The molecule has 1 saturated carbocycles. The average Bonchev–Trinajstić information content (AvgIpc) is 3.78. The number of allylic oxidation sites excluding steroid dienone is 1. The molecule has 2 atom stereocenters. The second-order valence-electron chi connectivity index (χ2n) is 11.6. The lowest BCUT2D eigenvalue weighted by atomic mass is 9.98. The Morgan fingerprint density at radius 1 is 1.00 bits per heavy atom. The van der Waals surface area contributed by atoms with Crippen LogP contribution in [-0.4, -0.2) is 90.1 Å². The number of benzene rings is 2. The molecule has 228 valence electrons. The van der Waals surface area contributed by atoms with Crippen molar-refractivity contribution in [1.29, 1.82) is 0 Å². The van der Waals surface area contributed by atoms with Gasteiger partial charge in [-0.05, 0) is 36.1 Å². The van der Waals surface area contributed by atoms with Gasteiger partial charge in [0.2, 0.25) is 11.8 Å². The van der Waals surface area contributed by atoms with Gasteiger partial charge in [-0.2, -0.15) is 0 Å². The molecular weight excluding hydrogens is 562 g/mol. The number of ketones is 1. The minimum absolute atomic E-state index is 0.0387. The molecule has 2 N–H and O–H groups in total. The number of carbonyl (C=O) groups excluding carboxylic acids is 3. The molecule has 1 aliphatic carbocycles. The minimum Gasteiger partial charge on any atom is -0.508 e. The number of aromatic hydroxyl groups is 1. The topological polar surface area (TPSA) is 127 Å². The number of fused-ring (bicyclic) bond motifs is 2. The van der Waals surface area contributed by atoms with Crippen LogP contribution in [0, 0.1) is 5.92 Å². The van der Waals surface area contributed by atoms with Gasteiger partial charge in [0.25, 0.3) is 0 Å². The fourth-order valence-electron chi connectivity index (χ4n) is 6.50. The fraction of sp³-hybridized carbons (Fsp3) is 0.333. The Morgan fingerprint density at radius 2 is 1.73 bits per heavy atom. The van der Waals surface area contributed by atoms with E-state index in [2.05, 4.69) is 13.2 Å². The summed E-state index contributed by atoms with van der Waals surface area (Å²) in [5.74, 6) is -0.422. The highest BCUT2D eigenvalue weighted by Crippen LogP contribution is 2.37. The Bertz CT molecular complexity index is 1660. The predicted molar refractivity (Wildman–Crippen MR) is 162 cm³/mol. The van der Waals surface area contributed by atoms with Crippen LogP contribution < -0.4 is 0 Å². The molecule has 3 fully saturated rings. The number of carboxylic acid groups (broad SMARTS) is 1. The number of piperazine rings is 1. The van der Waals surface area contributed by atoms with E-state index >= 15 is 0 Å². The van der Waals surface area contributed by atoms with Crippen LogP contribution in [-0.2, 0) is 29.1 Å². The van der Waals surface area contributed by atoms with Gasteiger partial charge >= 0.3 is 6.09 Å². The largest absolute Gasteiger partial charge is 0.508 e. The van der Waals surface area contributed by atoms with Crippen LogP contribution >= 0.6 is 0 Å². The smallest absolute Gasteiger partial charge is 0.424 e. The van der Waals surface area contributed by atoms with Crippen LogP contribution in [0.1, 0.15) is 34.3 Å². The molecule has 2 aromatic carbocycles. The van der Waals surface area contributed by atoms with Gasteiger partial charge < -0.3 is 24.6 Å². The van der Waals surface area contributed by atoms with Crippen LogP contribution in [0.2, 0.25) is 0 Å². The molecule has 3 aliphatic rings. The molecule has 11 heteroatoms. The number of para-hydroxylation sites is 1. The zero-order valence-corrected chi connectivity index (χ0v) is 24.3. The highest BCUT2D eigenvalue weighted by atomic mass is 16.4. The molecule has 2 unspecified atom stereocenters. The van der Waals surface area contributed by atoms with Gasteiger partial charge in [0.15, 0.2) is 5.78 Å². The van der Waals surface area contributed by atoms with E-state index in [1.807, 2.05) is 29.0 Å². The van der Waals surface area contributed by atoms with Crippen molar-refractivity contribution in [1.82, 2.24) is 24.4 Å². The van der Waals surface area contributed by atoms with Gasteiger partial charge in [0.1, 0.15) is 18.0 Å². The van der Waals surface area contributed by atoms with Crippen LogP contribution in [0.5, 0.6) is 5.75 Å². The van der Waals surface area contributed by atoms with E-state index in [0.717, 1.165) is 39.9 Å². The molecule has 1 aromatic heterocycles. The number of hydrogen-bond donors (Lipinski definition) is 2. The molecule has 11 nitrogen and oxygen atoms in total. The molecular formula is C33H35N5O6. The van der Waals surface area contributed by atoms with Crippen LogP contribution in [0.4, 0.5) is 4.79 Å². The van der Waals surface area contributed by atoms with Crippen LogP contribution in [0.3, 0.4) is 0 Å². The average molecular weight is 598 g/mol. The SMILES string of the molecule is C=CCN1CC(=O)N2C(Cc3ccc(O)cc3)C(=O)N(Cc3cccc4c(C(=O)C5CC5)cn(CC=C)c34)CC2N1C(=O)O. The summed E-state index contributed by atoms with van der Waals surface area (Å²) < 4.78 is 1.97. The Balaban J connectivity index is 1.41. The summed E-state index contributed by atoms with van der Waals surface area (Å²) in [7, 11) is 0. The highest BCUT2D eigenvalue weighted by Gasteiger charge is 2.51. The summed E-state index contributed by atoms with van der Waals surface area (Å²) in [6, 6.07) is 11.1. The number of carbonyl (C=O) groups is 4. The van der Waals surface area contributed by atoms with Gasteiger partial charge in [0, 0.05) is 49.1 Å². The molecule has 2 aliphatic heterocycles. The zero-order valence-electron chi connectivity index (χ0n) is 24.3. The maximum atomic E-state index is 14.3. The first-order valence-electron chi connectivity index (χ1n) is 14.7. The van der Waals surface area contributed by atoms with Crippen molar-refractivity contribution < 1.29 is 29.4 Å². The monoisotopic (exact) mass is 597 g/mol. The molecule has 3 amide bonds. The zero-order chi connectivity index (χ0) is 31.1. The molecule has 3 heterocycles. The molecule has 3 aromatic rings. The highest BCUT2D eigenvalue weighted by molar-refractivity contribution is 6.10. The maximum absolute atomic E-state index is 14.3. The van der Waals surface area contributed by atoms with E-state index in [9.17, 15) is 29.4 Å². The summed E-state index contributed by atoms with van der Waals surface area (Å²) in [6.45, 7) is 8.11. The Hall–Kier alpha value is -4.90. The number of hydrazine groups is 1. The van der Waals surface area contributed by atoms with E-state index in [1.54, 1.807) is 23.1 Å². The van der Waals surface area contributed by atoms with Crippen molar-refractivity contribution in [2.45, 2.75) is 44.6 Å². The van der Waals surface area contributed by atoms with Crippen molar-refractivity contribution in [3.63, 3.8) is 0 Å². The molecule has 0 spiro atoms. The normalized spacial score (nSPS) is 20.6. The number of phenolic OH excluding ortho intramolecular Hbond substituents is 1. The third-order valence-corrected chi connectivity index (χ3v) is 8.61. The number of aromatic nitrogens is 1. The predicted octanol–water partition coefficient (Wildman–Crippen LogP) is 3.63. The van der Waals surface area contributed by atoms with Crippen LogP contribution in [0.25, 0.3) is 10.9 Å². The quantitative estimate of drug-likeness (QED) is 0.270. The number of Topliss-reactive ketones (excluding diaryl/α,β-unsaturated/α-hetero) is 1. The van der Waals surface area contributed by atoms with Gasteiger partial charge in [-0.25, -0.2) is 14.8 Å². The fourth-order valence-corrected chi connectivity index (χ4v) is 6.50. The molecule has 6 rings (SSSR count). The number of phenols is 1. The lowest BCUT2D eigenvalue weighted by molar-refractivity contribution is -0.192. The standard InChI is InChI=1S/C33H35N5O6/c1-3-14-34-18-26(31(41)22-10-11-22)25-7-5-6-23(30(25)34)17-35-19-28-37(29(40)20-36(15-4-2)38(28)33(43)44)27(32(35)42)16-21-8-12-24(39)13-9-21/h3-9,12-13,18,22,27-28,39H,1-2,10-11,14-17,19-20H2,(H,43,44). The van der Waals surface area contributed by atoms with Gasteiger partial charge in [0.05, 0.1) is 18.6 Å². The number of amides is 3. The van der Waals surface area contributed by atoms with E-state index in [1.165, 1.54) is 28.1 Å². The lowest BCUT2D eigenvalue weighted by Crippen LogP contribution is -2.75. The third kappa shape index (κ3) is 5.24. The van der Waals surface area contributed by atoms with Crippen molar-refractivity contribution in [2.75, 3.05) is 19.6 Å². The number of rotatable bonds is 10. The Kier molecular flexibility index (Phi) is 7.73. The number of hydrogen-bond acceptors (Lipinski definition) is 6. The Morgan fingerprint density at radius 3 is 2.39 bits per heavy atom. The minimum atomic E-state index is -1.24. The van der Waals surface area contributed by atoms with Crippen molar-refractivity contribution in [3.8, 4) is 5.75 Å². The molecule has 44 heavy (non-hydrogen) atoms. The van der Waals surface area contributed by atoms with E-state index < -0.39 is 18.3 Å². The molecule has 0 radical (unpaired) electrons.